The van der Waals surface area contributed by atoms with E-state index in [1.807, 2.05) is 0 Å². The zero-order valence-corrected chi connectivity index (χ0v) is 13.7. The number of nitrogens with one attached hydrogen (secondary N) is 1. The summed E-state index contributed by atoms with van der Waals surface area (Å²) in [6, 6.07) is 2.51. The molecule has 0 aliphatic heterocycles. The van der Waals surface area contributed by atoms with E-state index >= 15 is 0 Å². The molecule has 0 aliphatic rings. The summed E-state index contributed by atoms with van der Waals surface area (Å²) in [5.74, 6) is 0. The Morgan fingerprint density at radius 1 is 1.00 bits per heavy atom. The van der Waals surface area contributed by atoms with Gasteiger partial charge in [0.25, 0.3) is 0 Å². The summed E-state index contributed by atoms with van der Waals surface area (Å²) in [6.45, 7) is 12.5. The third-order valence-corrected chi connectivity index (χ3v) is 10.3. The van der Waals surface area contributed by atoms with E-state index in [4.69, 9.17) is 12.1 Å². The van der Waals surface area contributed by atoms with Crippen LogP contribution in [0.1, 0.15) is 26.2 Å². The smallest absolute Gasteiger partial charge is 0.177 e. The largest absolute Gasteiger partial charge is 0.455 e. The maximum Gasteiger partial charge on any atom is 0.177 e. The minimum absolute atomic E-state index is 0.900. The molecule has 0 aromatic carbocycles. The molecule has 0 saturated carbocycles. The van der Waals surface area contributed by atoms with Gasteiger partial charge in [-0.1, -0.05) is 19.8 Å². The Morgan fingerprint density at radius 2 is 1.50 bits per heavy atom. The van der Waals surface area contributed by atoms with Gasteiger partial charge in [-0.3, -0.25) is 0 Å². The van der Waals surface area contributed by atoms with Crippen LogP contribution in [0.5, 0.6) is 0 Å². The van der Waals surface area contributed by atoms with Crippen molar-refractivity contribution in [1.82, 2.24) is 5.23 Å². The fraction of sp³-hybridized carbons (Fsp3) is 1.00. The molecule has 16 heavy (non-hydrogen) atoms. The standard InChI is InChI=1S/C11H28BNOSi2/c1-6-7-10-15(2,3)14-16(4,5)11-8-9-13-12/h13H,6-11H2,1-5H3. The van der Waals surface area contributed by atoms with Gasteiger partial charge >= 0.3 is 0 Å². The third-order valence-electron chi connectivity index (χ3n) is 2.78. The first-order chi connectivity index (χ1) is 7.33. The molecule has 0 amide bonds. The van der Waals surface area contributed by atoms with Crippen LogP contribution in [0.25, 0.3) is 0 Å². The number of hydrogen-bond acceptors (Lipinski definition) is 2. The highest BCUT2D eigenvalue weighted by atomic mass is 28.4. The van der Waals surface area contributed by atoms with Crippen molar-refractivity contribution in [2.24, 2.45) is 0 Å². The molecular weight excluding hydrogens is 229 g/mol. The average molecular weight is 257 g/mol. The summed E-state index contributed by atoms with van der Waals surface area (Å²) in [6.07, 6.45) is 3.72. The number of hydrogen-bond donors (Lipinski definition) is 1. The molecule has 1 N–H and O–H groups in total. The Labute approximate surface area is 105 Å². The van der Waals surface area contributed by atoms with Gasteiger partial charge in [0.15, 0.2) is 24.6 Å². The molecule has 5 heteroatoms. The maximum atomic E-state index is 6.48. The summed E-state index contributed by atoms with van der Waals surface area (Å²) in [4.78, 5) is 0. The monoisotopic (exact) mass is 257 g/mol. The molecule has 0 heterocycles. The number of unbranched alkanes of at least 4 members (excludes halogenated alkanes) is 1. The molecular formula is C11H28BNOSi2. The van der Waals surface area contributed by atoms with Crippen molar-refractivity contribution in [3.8, 4) is 0 Å². The Bertz CT molecular complexity index is 189. The number of rotatable bonds is 9. The molecule has 0 fully saturated rings. The Kier molecular flexibility index (Phi) is 7.89. The van der Waals surface area contributed by atoms with E-state index in [0.29, 0.717) is 0 Å². The lowest BCUT2D eigenvalue weighted by Gasteiger charge is -2.34. The molecule has 0 aromatic rings. The van der Waals surface area contributed by atoms with Gasteiger partial charge < -0.3 is 9.34 Å². The molecule has 2 radical (unpaired) electrons. The SMILES string of the molecule is [B]NCCC[Si](C)(C)O[Si](C)(C)CCCC. The molecule has 0 rings (SSSR count). The fourth-order valence-corrected chi connectivity index (χ4v) is 11.1. The normalized spacial score (nSPS) is 13.1. The first kappa shape index (κ1) is 16.4. The van der Waals surface area contributed by atoms with Gasteiger partial charge in [-0.05, 0) is 51.2 Å². The highest BCUT2D eigenvalue weighted by molar-refractivity contribution is 6.84. The Balaban J connectivity index is 4.01. The predicted octanol–water partition coefficient (Wildman–Crippen LogP) is 3.28. The van der Waals surface area contributed by atoms with E-state index in [1.54, 1.807) is 0 Å². The van der Waals surface area contributed by atoms with Crippen LogP contribution in [-0.2, 0) is 4.12 Å². The second-order valence-corrected chi connectivity index (χ2v) is 14.6. The third kappa shape index (κ3) is 8.56. The summed E-state index contributed by atoms with van der Waals surface area (Å²) in [7, 11) is 2.41. The molecule has 0 unspecified atom stereocenters. The fourth-order valence-electron chi connectivity index (χ4n) is 2.07. The zero-order valence-electron chi connectivity index (χ0n) is 11.7. The first-order valence-corrected chi connectivity index (χ1v) is 12.7. The summed E-state index contributed by atoms with van der Waals surface area (Å²) >= 11 is 0. The van der Waals surface area contributed by atoms with Crippen LogP contribution in [0.3, 0.4) is 0 Å². The van der Waals surface area contributed by atoms with E-state index in [2.05, 4.69) is 38.3 Å². The van der Waals surface area contributed by atoms with Crippen LogP contribution in [0, 0.1) is 0 Å². The van der Waals surface area contributed by atoms with E-state index in [-0.39, 0.29) is 0 Å². The zero-order chi connectivity index (χ0) is 12.7. The summed E-state index contributed by atoms with van der Waals surface area (Å²) in [5, 5.41) is 2.72. The van der Waals surface area contributed by atoms with Gasteiger partial charge in [-0.2, -0.15) is 0 Å². The van der Waals surface area contributed by atoms with Crippen LogP contribution in [0.15, 0.2) is 0 Å². The van der Waals surface area contributed by atoms with Crippen molar-refractivity contribution >= 4 is 24.6 Å². The second-order valence-electron chi connectivity index (χ2n) is 5.78. The molecule has 0 aliphatic carbocycles. The molecule has 0 spiro atoms. The van der Waals surface area contributed by atoms with Crippen molar-refractivity contribution in [1.29, 1.82) is 0 Å². The van der Waals surface area contributed by atoms with Gasteiger partial charge in [-0.15, -0.1) is 0 Å². The summed E-state index contributed by atoms with van der Waals surface area (Å²) < 4.78 is 6.48. The van der Waals surface area contributed by atoms with Crippen LogP contribution in [-0.4, -0.2) is 31.2 Å². The van der Waals surface area contributed by atoms with E-state index in [0.717, 1.165) is 13.0 Å². The van der Waals surface area contributed by atoms with Crippen molar-refractivity contribution in [3.63, 3.8) is 0 Å². The van der Waals surface area contributed by atoms with Crippen molar-refractivity contribution in [2.45, 2.75) is 64.5 Å². The van der Waals surface area contributed by atoms with Gasteiger partial charge in [0.05, 0.1) is 0 Å². The lowest BCUT2D eigenvalue weighted by Crippen LogP contribution is -2.44. The van der Waals surface area contributed by atoms with Crippen LogP contribution in [0.2, 0.25) is 38.3 Å². The highest BCUT2D eigenvalue weighted by Gasteiger charge is 2.31. The van der Waals surface area contributed by atoms with Gasteiger partial charge in [0, 0.05) is 0 Å². The predicted molar refractivity (Wildman–Crippen MR) is 78.9 cm³/mol. The summed E-state index contributed by atoms with van der Waals surface area (Å²) in [5.41, 5.74) is 0. The van der Waals surface area contributed by atoms with E-state index in [9.17, 15) is 0 Å². The van der Waals surface area contributed by atoms with Crippen LogP contribution >= 0.6 is 0 Å². The van der Waals surface area contributed by atoms with Gasteiger partial charge in [0.1, 0.15) is 0 Å². The topological polar surface area (TPSA) is 21.3 Å². The lowest BCUT2D eigenvalue weighted by atomic mass is 10.4. The van der Waals surface area contributed by atoms with E-state index < -0.39 is 16.6 Å². The molecule has 94 valence electrons. The highest BCUT2D eigenvalue weighted by Crippen LogP contribution is 2.23. The van der Waals surface area contributed by atoms with Crippen LogP contribution < -0.4 is 5.23 Å². The maximum absolute atomic E-state index is 6.48. The quantitative estimate of drug-likeness (QED) is 0.505. The van der Waals surface area contributed by atoms with Crippen molar-refractivity contribution in [2.75, 3.05) is 6.54 Å². The van der Waals surface area contributed by atoms with Crippen LogP contribution in [0.4, 0.5) is 0 Å². The van der Waals surface area contributed by atoms with Crippen molar-refractivity contribution in [3.05, 3.63) is 0 Å². The molecule has 0 atom stereocenters. The average Bonchev–Trinajstić information content (AvgIpc) is 2.13. The lowest BCUT2D eigenvalue weighted by molar-refractivity contribution is 0.529. The van der Waals surface area contributed by atoms with Crippen molar-refractivity contribution < 1.29 is 4.12 Å². The molecule has 0 saturated heterocycles. The first-order valence-electron chi connectivity index (χ1n) is 6.46. The second kappa shape index (κ2) is 7.69. The molecule has 0 aromatic heterocycles. The minimum atomic E-state index is -1.46. The molecule has 2 nitrogen and oxygen atoms in total. The van der Waals surface area contributed by atoms with Gasteiger partial charge in [0.2, 0.25) is 0 Å². The minimum Gasteiger partial charge on any atom is -0.455 e. The molecule has 0 bridgehead atoms. The van der Waals surface area contributed by atoms with E-state index in [1.165, 1.54) is 24.9 Å². The van der Waals surface area contributed by atoms with Gasteiger partial charge in [-0.25, -0.2) is 0 Å². The Morgan fingerprint density at radius 3 is 1.94 bits per heavy atom. The Hall–Kier alpha value is 0.419.